The lowest BCUT2D eigenvalue weighted by atomic mass is 10.1. The molecule has 0 aliphatic rings. The van der Waals surface area contributed by atoms with Gasteiger partial charge < -0.3 is 24.2 Å². The van der Waals surface area contributed by atoms with Crippen LogP contribution in [0.25, 0.3) is 0 Å². The average Bonchev–Trinajstić information content (AvgIpc) is 3.49. The van der Waals surface area contributed by atoms with Crippen LogP contribution in [0.3, 0.4) is 0 Å². The van der Waals surface area contributed by atoms with Crippen molar-refractivity contribution in [1.82, 2.24) is 0 Å². The van der Waals surface area contributed by atoms with Crippen LogP contribution in [0.4, 0.5) is 0 Å². The van der Waals surface area contributed by atoms with E-state index in [4.69, 9.17) is 23.3 Å². The summed E-state index contributed by atoms with van der Waals surface area (Å²) in [6, 6.07) is 0. The van der Waals surface area contributed by atoms with Crippen LogP contribution in [0.2, 0.25) is 0 Å². The summed E-state index contributed by atoms with van der Waals surface area (Å²) in [4.78, 5) is 48.8. The molecule has 0 fully saturated rings. The second-order valence-corrected chi connectivity index (χ2v) is 23.0. The molecule has 0 radical (unpaired) electrons. The van der Waals surface area contributed by atoms with Crippen molar-refractivity contribution >= 4 is 25.7 Å². The SMILES string of the molecule is CC/C=C\C/C=C\C/C=C\C/C=C\C/C=C\CCCC(=O)OC(CO)COP(=O)(O)OCC(COC(=O)CCCCCCCCCCC/C=C\C/C=C\CCCCC)OC(=O)CCCCCCCCCCC/C=C\C/C=C\CCCCC. The number of carbonyl (C=O) groups excluding carboxylic acids is 3. The molecule has 2 N–H and O–H groups in total. The molecule has 0 bridgehead atoms. The summed E-state index contributed by atoms with van der Waals surface area (Å²) in [5.41, 5.74) is 0. The summed E-state index contributed by atoms with van der Waals surface area (Å²) in [7, 11) is -4.78. The van der Waals surface area contributed by atoms with Crippen molar-refractivity contribution < 1.29 is 52.2 Å². The van der Waals surface area contributed by atoms with Crippen molar-refractivity contribution in [2.75, 3.05) is 26.4 Å². The minimum absolute atomic E-state index is 0.0944. The molecule has 0 aromatic carbocycles. The molecule has 0 saturated heterocycles. The molecule has 0 aliphatic carbocycles. The number of phosphoric acid groups is 1. The predicted molar refractivity (Wildman–Crippen MR) is 343 cm³/mol. The molecule has 12 heteroatoms. The first-order valence-corrected chi connectivity index (χ1v) is 34.3. The van der Waals surface area contributed by atoms with Crippen molar-refractivity contribution in [3.8, 4) is 0 Å². The summed E-state index contributed by atoms with van der Waals surface area (Å²) in [6.07, 6.45) is 77.5. The molecule has 470 valence electrons. The quantitative estimate of drug-likeness (QED) is 0.0197. The van der Waals surface area contributed by atoms with Gasteiger partial charge in [0.05, 0.1) is 19.8 Å². The van der Waals surface area contributed by atoms with Gasteiger partial charge in [-0.2, -0.15) is 0 Å². The van der Waals surface area contributed by atoms with Gasteiger partial charge in [-0.3, -0.25) is 23.4 Å². The van der Waals surface area contributed by atoms with E-state index in [0.717, 1.165) is 96.3 Å². The van der Waals surface area contributed by atoms with Gasteiger partial charge in [0.25, 0.3) is 0 Å². The number of esters is 3. The summed E-state index contributed by atoms with van der Waals surface area (Å²) in [5, 5.41) is 9.85. The van der Waals surface area contributed by atoms with Gasteiger partial charge in [-0.1, -0.05) is 246 Å². The Morgan fingerprint density at radius 3 is 1.02 bits per heavy atom. The van der Waals surface area contributed by atoms with E-state index < -0.39 is 57.8 Å². The van der Waals surface area contributed by atoms with Crippen LogP contribution in [-0.4, -0.2) is 66.5 Å². The fourth-order valence-electron chi connectivity index (χ4n) is 8.69. The molecule has 0 amide bonds. The van der Waals surface area contributed by atoms with Crippen LogP contribution in [-0.2, 0) is 42.2 Å². The number of aliphatic hydroxyl groups is 1. The van der Waals surface area contributed by atoms with Crippen molar-refractivity contribution in [3.05, 3.63) is 109 Å². The molecule has 3 unspecified atom stereocenters. The standard InChI is InChI=1S/C70H119O11P/c1-4-7-10-13-16-19-22-25-28-31-33-36-38-41-44-47-50-53-56-59-68(72)77-63-67(81-70(74)61-58-55-52-49-46-43-40-37-34-32-29-26-23-20-17-14-11-8-5-2)65-79-82(75,76)78-64-66(62-71)80-69(73)60-57-54-51-48-45-42-39-35-30-27-24-21-18-15-12-9-6-3/h9,12,16-21,25-30,39,42,48,51,66-67,71H,4-8,10-11,13-15,22-24,31-38,40-41,43-47,49-50,52-65H2,1-3H3,(H,75,76)/b12-9-,19-16-,20-17-,21-18-,28-25-,29-26-,30-27-,42-39-,51-48-. The second kappa shape index (κ2) is 63.2. The van der Waals surface area contributed by atoms with Crippen molar-refractivity contribution in [1.29, 1.82) is 0 Å². The molecule has 82 heavy (non-hydrogen) atoms. The fraction of sp³-hybridized carbons (Fsp3) is 0.700. The van der Waals surface area contributed by atoms with E-state index >= 15 is 0 Å². The highest BCUT2D eigenvalue weighted by Gasteiger charge is 2.28. The molecule has 11 nitrogen and oxygen atoms in total. The van der Waals surface area contributed by atoms with Crippen LogP contribution in [0, 0.1) is 0 Å². The molecule has 0 aliphatic heterocycles. The monoisotopic (exact) mass is 1170 g/mol. The number of hydrogen-bond acceptors (Lipinski definition) is 10. The zero-order chi connectivity index (χ0) is 59.8. The molecule has 0 spiro atoms. The molecule has 0 aromatic heterocycles. The third kappa shape index (κ3) is 60.7. The molecule has 3 atom stereocenters. The zero-order valence-corrected chi connectivity index (χ0v) is 53.1. The average molecular weight is 1170 g/mol. The lowest BCUT2D eigenvalue weighted by molar-refractivity contribution is -0.161. The largest absolute Gasteiger partial charge is 0.472 e. The lowest BCUT2D eigenvalue weighted by Crippen LogP contribution is -2.30. The highest BCUT2D eigenvalue weighted by molar-refractivity contribution is 7.47. The number of unbranched alkanes of at least 4 members (excludes halogenated alkanes) is 25. The first-order valence-electron chi connectivity index (χ1n) is 32.8. The predicted octanol–water partition coefficient (Wildman–Crippen LogP) is 20.1. The Bertz CT molecular complexity index is 1790. The minimum Gasteiger partial charge on any atom is -0.462 e. The first kappa shape index (κ1) is 78.1. The summed E-state index contributed by atoms with van der Waals surface area (Å²) < 4.78 is 39.7. The number of rotatable bonds is 60. The Hall–Kier alpha value is -3.86. The Kier molecular flexibility index (Phi) is 60.2. The van der Waals surface area contributed by atoms with Crippen LogP contribution >= 0.6 is 7.82 Å². The Balaban J connectivity index is 4.77. The number of hydrogen-bond donors (Lipinski definition) is 2. The maximum absolute atomic E-state index is 13.0. The van der Waals surface area contributed by atoms with E-state index in [9.17, 15) is 28.9 Å². The highest BCUT2D eigenvalue weighted by Crippen LogP contribution is 2.43. The number of ether oxygens (including phenoxy) is 3. The Labute approximate surface area is 501 Å². The Morgan fingerprint density at radius 1 is 0.354 bits per heavy atom. The van der Waals surface area contributed by atoms with E-state index in [1.165, 1.54) is 116 Å². The van der Waals surface area contributed by atoms with E-state index in [2.05, 4.69) is 118 Å². The van der Waals surface area contributed by atoms with Gasteiger partial charge in [0, 0.05) is 19.3 Å². The number of allylic oxidation sites excluding steroid dienone is 18. The number of aliphatic hydroxyl groups excluding tert-OH is 1. The lowest BCUT2D eigenvalue weighted by Gasteiger charge is -2.21. The van der Waals surface area contributed by atoms with Gasteiger partial charge in [0.1, 0.15) is 12.7 Å². The van der Waals surface area contributed by atoms with E-state index in [-0.39, 0.29) is 25.9 Å². The van der Waals surface area contributed by atoms with Crippen LogP contribution in [0.15, 0.2) is 109 Å². The summed E-state index contributed by atoms with van der Waals surface area (Å²) in [5.74, 6) is -1.53. The van der Waals surface area contributed by atoms with Gasteiger partial charge in [-0.15, -0.1) is 0 Å². The maximum atomic E-state index is 13.0. The van der Waals surface area contributed by atoms with Gasteiger partial charge in [0.2, 0.25) is 0 Å². The molecular formula is C70H119O11P. The van der Waals surface area contributed by atoms with Crippen molar-refractivity contribution in [3.63, 3.8) is 0 Å². The van der Waals surface area contributed by atoms with E-state index in [1.807, 2.05) is 12.2 Å². The van der Waals surface area contributed by atoms with Crippen LogP contribution < -0.4 is 0 Å². The van der Waals surface area contributed by atoms with Gasteiger partial charge in [-0.05, 0) is 122 Å². The van der Waals surface area contributed by atoms with Gasteiger partial charge in [-0.25, -0.2) is 4.57 Å². The normalized spacial score (nSPS) is 14.0. The fourth-order valence-corrected chi connectivity index (χ4v) is 9.47. The minimum atomic E-state index is -4.78. The molecule has 0 saturated carbocycles. The summed E-state index contributed by atoms with van der Waals surface area (Å²) in [6.45, 7) is 4.44. The molecule has 0 aromatic rings. The molecule has 0 rings (SSSR count). The molecular weight excluding hydrogens is 1050 g/mol. The number of carbonyl (C=O) groups is 3. The van der Waals surface area contributed by atoms with Gasteiger partial charge in [0.15, 0.2) is 6.10 Å². The third-order valence-electron chi connectivity index (χ3n) is 13.6. The summed E-state index contributed by atoms with van der Waals surface area (Å²) >= 11 is 0. The first-order chi connectivity index (χ1) is 40.2. The van der Waals surface area contributed by atoms with Crippen molar-refractivity contribution in [2.45, 2.75) is 290 Å². The maximum Gasteiger partial charge on any atom is 0.472 e. The number of phosphoric ester groups is 1. The highest BCUT2D eigenvalue weighted by atomic mass is 31.2. The Morgan fingerprint density at radius 2 is 0.646 bits per heavy atom. The molecule has 0 heterocycles. The van der Waals surface area contributed by atoms with Crippen LogP contribution in [0.5, 0.6) is 0 Å². The van der Waals surface area contributed by atoms with E-state index in [1.54, 1.807) is 0 Å². The van der Waals surface area contributed by atoms with Crippen molar-refractivity contribution in [2.24, 2.45) is 0 Å². The zero-order valence-electron chi connectivity index (χ0n) is 52.2. The second-order valence-electron chi connectivity index (χ2n) is 21.5. The van der Waals surface area contributed by atoms with Gasteiger partial charge >= 0.3 is 25.7 Å². The topological polar surface area (TPSA) is 155 Å². The van der Waals surface area contributed by atoms with E-state index in [0.29, 0.717) is 25.7 Å². The smallest absolute Gasteiger partial charge is 0.462 e. The van der Waals surface area contributed by atoms with Crippen LogP contribution in [0.1, 0.15) is 278 Å². The third-order valence-corrected chi connectivity index (χ3v) is 14.6.